The zero-order chi connectivity index (χ0) is 19.0. The summed E-state index contributed by atoms with van der Waals surface area (Å²) in [5.41, 5.74) is 1.71. The highest BCUT2D eigenvalue weighted by molar-refractivity contribution is 5.97. The van der Waals surface area contributed by atoms with E-state index in [0.29, 0.717) is 17.0 Å². The number of nitrogens with one attached hydrogen (secondary N) is 1. The van der Waals surface area contributed by atoms with Crippen LogP contribution in [0, 0.1) is 23.0 Å². The normalized spacial score (nSPS) is 19.7. The average molecular weight is 370 g/mol. The van der Waals surface area contributed by atoms with Gasteiger partial charge in [0, 0.05) is 11.8 Å². The van der Waals surface area contributed by atoms with Gasteiger partial charge in [-0.25, -0.2) is 8.78 Å². The van der Waals surface area contributed by atoms with Crippen LogP contribution in [0.4, 0.5) is 14.5 Å². The zero-order valence-corrected chi connectivity index (χ0v) is 15.5. The number of carbonyl (C=O) groups is 1. The van der Waals surface area contributed by atoms with Crippen LogP contribution >= 0.6 is 0 Å². The molecular weight excluding hydrogens is 346 g/mol. The van der Waals surface area contributed by atoms with E-state index in [4.69, 9.17) is 0 Å². The van der Waals surface area contributed by atoms with Crippen LogP contribution in [-0.2, 0) is 4.79 Å². The Morgan fingerprint density at radius 1 is 1.00 bits per heavy atom. The molecule has 142 valence electrons. The van der Waals surface area contributed by atoms with E-state index in [0.717, 1.165) is 50.5 Å². The maximum atomic E-state index is 13.4. The van der Waals surface area contributed by atoms with Crippen molar-refractivity contribution in [2.24, 2.45) is 11.3 Å². The predicted molar refractivity (Wildman–Crippen MR) is 102 cm³/mol. The number of carbonyl (C=O) groups excluding carboxylic acids is 1. The maximum Gasteiger partial charge on any atom is 0.230 e. The van der Waals surface area contributed by atoms with Gasteiger partial charge >= 0.3 is 0 Å². The van der Waals surface area contributed by atoms with E-state index >= 15 is 0 Å². The SMILES string of the molecule is CN1CCC(C2(C(=O)Nc3ccc(-c4cc(F)cc(F)c4)cc3)CC2)CC1. The van der Waals surface area contributed by atoms with Gasteiger partial charge in [0.05, 0.1) is 5.41 Å². The summed E-state index contributed by atoms with van der Waals surface area (Å²) in [6.07, 6.45) is 4.09. The van der Waals surface area contributed by atoms with Crippen molar-refractivity contribution in [2.45, 2.75) is 25.7 Å². The molecule has 1 aliphatic heterocycles. The molecule has 0 spiro atoms. The Balaban J connectivity index is 1.45. The number of piperidine rings is 1. The van der Waals surface area contributed by atoms with Gasteiger partial charge in [-0.2, -0.15) is 0 Å². The fraction of sp³-hybridized carbons (Fsp3) is 0.409. The number of hydrogen-bond acceptors (Lipinski definition) is 2. The van der Waals surface area contributed by atoms with Gasteiger partial charge in [-0.1, -0.05) is 12.1 Å². The smallest absolute Gasteiger partial charge is 0.230 e. The summed E-state index contributed by atoms with van der Waals surface area (Å²) in [5, 5.41) is 3.05. The van der Waals surface area contributed by atoms with E-state index < -0.39 is 11.6 Å². The monoisotopic (exact) mass is 370 g/mol. The Bertz CT molecular complexity index is 818. The Morgan fingerprint density at radius 3 is 2.15 bits per heavy atom. The Morgan fingerprint density at radius 2 is 1.59 bits per heavy atom. The molecule has 1 N–H and O–H groups in total. The number of rotatable bonds is 4. The molecule has 3 nitrogen and oxygen atoms in total. The van der Waals surface area contributed by atoms with Crippen molar-refractivity contribution < 1.29 is 13.6 Å². The molecule has 1 aliphatic carbocycles. The lowest BCUT2D eigenvalue weighted by Crippen LogP contribution is -2.39. The van der Waals surface area contributed by atoms with E-state index in [2.05, 4.69) is 17.3 Å². The van der Waals surface area contributed by atoms with Crippen molar-refractivity contribution in [3.05, 3.63) is 54.1 Å². The first-order valence-corrected chi connectivity index (χ1v) is 9.53. The summed E-state index contributed by atoms with van der Waals surface area (Å²) in [4.78, 5) is 15.2. The highest BCUT2D eigenvalue weighted by atomic mass is 19.1. The van der Waals surface area contributed by atoms with E-state index in [1.54, 1.807) is 24.3 Å². The molecule has 2 aliphatic rings. The molecule has 1 saturated carbocycles. The van der Waals surface area contributed by atoms with Crippen LogP contribution in [-0.4, -0.2) is 30.9 Å². The minimum Gasteiger partial charge on any atom is -0.326 e. The molecule has 5 heteroatoms. The van der Waals surface area contributed by atoms with Gasteiger partial charge in [0.2, 0.25) is 5.91 Å². The van der Waals surface area contributed by atoms with E-state index in [1.807, 2.05) is 0 Å². The lowest BCUT2D eigenvalue weighted by atomic mass is 9.81. The third kappa shape index (κ3) is 3.74. The molecule has 4 rings (SSSR count). The first kappa shape index (κ1) is 18.1. The minimum absolute atomic E-state index is 0.113. The molecule has 1 amide bonds. The van der Waals surface area contributed by atoms with Crippen LogP contribution in [0.2, 0.25) is 0 Å². The molecule has 2 aromatic carbocycles. The molecular formula is C22H24F2N2O. The Kier molecular flexibility index (Phi) is 4.72. The maximum absolute atomic E-state index is 13.4. The molecule has 2 fully saturated rings. The highest BCUT2D eigenvalue weighted by Gasteiger charge is 2.55. The summed E-state index contributed by atoms with van der Waals surface area (Å²) >= 11 is 0. The fourth-order valence-corrected chi connectivity index (χ4v) is 4.24. The molecule has 27 heavy (non-hydrogen) atoms. The molecule has 0 bridgehead atoms. The number of hydrogen-bond donors (Lipinski definition) is 1. The summed E-state index contributed by atoms with van der Waals surface area (Å²) in [5.74, 6) is -0.628. The van der Waals surface area contributed by atoms with Crippen LogP contribution < -0.4 is 5.32 Å². The molecule has 2 aromatic rings. The van der Waals surface area contributed by atoms with Gasteiger partial charge in [-0.05, 0) is 87.1 Å². The number of halogens is 2. The minimum atomic E-state index is -0.601. The largest absolute Gasteiger partial charge is 0.326 e. The summed E-state index contributed by atoms with van der Waals surface area (Å²) < 4.78 is 26.8. The van der Waals surface area contributed by atoms with E-state index in [-0.39, 0.29) is 11.3 Å². The van der Waals surface area contributed by atoms with Gasteiger partial charge < -0.3 is 10.2 Å². The van der Waals surface area contributed by atoms with Crippen molar-refractivity contribution in [3.63, 3.8) is 0 Å². The van der Waals surface area contributed by atoms with Crippen LogP contribution in [0.5, 0.6) is 0 Å². The zero-order valence-electron chi connectivity index (χ0n) is 15.5. The van der Waals surface area contributed by atoms with Crippen molar-refractivity contribution in [3.8, 4) is 11.1 Å². The standard InChI is InChI=1S/C22H24F2N2O/c1-26-10-6-17(7-11-26)22(8-9-22)21(27)25-20-4-2-15(3-5-20)16-12-18(23)14-19(24)13-16/h2-5,12-14,17H,6-11H2,1H3,(H,25,27). The molecule has 0 atom stereocenters. The van der Waals surface area contributed by atoms with E-state index in [1.165, 1.54) is 12.1 Å². The van der Waals surface area contributed by atoms with Crippen molar-refractivity contribution in [1.29, 1.82) is 0 Å². The molecule has 0 radical (unpaired) electrons. The first-order chi connectivity index (χ1) is 13.0. The first-order valence-electron chi connectivity index (χ1n) is 9.53. The second kappa shape index (κ2) is 7.04. The summed E-state index contributed by atoms with van der Waals surface area (Å²) in [6, 6.07) is 10.6. The van der Waals surface area contributed by atoms with Gasteiger partial charge in [-0.15, -0.1) is 0 Å². The van der Waals surface area contributed by atoms with Crippen LogP contribution in [0.15, 0.2) is 42.5 Å². The Hall–Kier alpha value is -2.27. The predicted octanol–water partition coefficient (Wildman–Crippen LogP) is 4.69. The number of anilines is 1. The third-order valence-electron chi connectivity index (χ3n) is 6.08. The van der Waals surface area contributed by atoms with Crippen LogP contribution in [0.3, 0.4) is 0 Å². The quantitative estimate of drug-likeness (QED) is 0.847. The third-order valence-corrected chi connectivity index (χ3v) is 6.08. The van der Waals surface area contributed by atoms with Gasteiger partial charge in [0.25, 0.3) is 0 Å². The second-order valence-electron chi connectivity index (χ2n) is 7.92. The number of likely N-dealkylation sites (tertiary alicyclic amines) is 1. The molecule has 1 saturated heterocycles. The van der Waals surface area contributed by atoms with Crippen molar-refractivity contribution in [1.82, 2.24) is 4.90 Å². The molecule has 0 unspecified atom stereocenters. The van der Waals surface area contributed by atoms with Crippen LogP contribution in [0.1, 0.15) is 25.7 Å². The number of nitrogens with zero attached hydrogens (tertiary/aromatic N) is 1. The van der Waals surface area contributed by atoms with Crippen molar-refractivity contribution in [2.75, 3.05) is 25.5 Å². The second-order valence-corrected chi connectivity index (χ2v) is 7.92. The molecule has 1 heterocycles. The van der Waals surface area contributed by atoms with Crippen molar-refractivity contribution >= 4 is 11.6 Å². The lowest BCUT2D eigenvalue weighted by molar-refractivity contribution is -0.123. The van der Waals surface area contributed by atoms with Gasteiger partial charge in [-0.3, -0.25) is 4.79 Å². The molecule has 0 aromatic heterocycles. The fourth-order valence-electron chi connectivity index (χ4n) is 4.24. The Labute approximate surface area is 158 Å². The van der Waals surface area contributed by atoms with E-state index in [9.17, 15) is 13.6 Å². The lowest BCUT2D eigenvalue weighted by Gasteiger charge is -2.34. The average Bonchev–Trinajstić information content (AvgIpc) is 3.44. The van der Waals surface area contributed by atoms with Gasteiger partial charge in [0.1, 0.15) is 11.6 Å². The summed E-state index contributed by atoms with van der Waals surface area (Å²) in [6.45, 7) is 2.11. The number of benzene rings is 2. The van der Waals surface area contributed by atoms with Gasteiger partial charge in [0.15, 0.2) is 0 Å². The summed E-state index contributed by atoms with van der Waals surface area (Å²) in [7, 11) is 2.13. The van der Waals surface area contributed by atoms with Crippen LogP contribution in [0.25, 0.3) is 11.1 Å². The number of amides is 1. The topological polar surface area (TPSA) is 32.3 Å². The highest BCUT2D eigenvalue weighted by Crippen LogP contribution is 2.55.